The third kappa shape index (κ3) is 3.50. The van der Waals surface area contributed by atoms with Crippen LogP contribution in [-0.2, 0) is 0 Å². The number of hydrogen-bond donors (Lipinski definition) is 3. The van der Waals surface area contributed by atoms with Crippen molar-refractivity contribution in [3.05, 3.63) is 12.4 Å². The normalized spacial score (nSPS) is 9.62. The van der Waals surface area contributed by atoms with Gasteiger partial charge in [-0.05, 0) is 12.2 Å². The molecule has 0 aliphatic heterocycles. The Labute approximate surface area is 100 Å². The minimum Gasteiger partial charge on any atom is -0.381 e. The van der Waals surface area contributed by atoms with Gasteiger partial charge in [-0.25, -0.2) is 9.97 Å². The Hall–Kier alpha value is -1.63. The molecule has 1 aromatic heterocycles. The van der Waals surface area contributed by atoms with E-state index in [0.717, 1.165) is 6.54 Å². The topological polar surface area (TPSA) is 79.1 Å². The highest BCUT2D eigenvalue weighted by Gasteiger charge is 2.06. The van der Waals surface area contributed by atoms with Crippen LogP contribution in [0.25, 0.3) is 0 Å². The van der Waals surface area contributed by atoms with E-state index in [1.807, 2.05) is 11.9 Å². The maximum absolute atomic E-state index is 5.71. The van der Waals surface area contributed by atoms with Gasteiger partial charge in [-0.1, -0.05) is 0 Å². The summed E-state index contributed by atoms with van der Waals surface area (Å²) in [5.41, 5.74) is 5.71. The monoisotopic (exact) mass is 240 g/mol. The van der Waals surface area contributed by atoms with Crippen LogP contribution in [0.15, 0.2) is 12.4 Å². The molecule has 0 unspecified atom stereocenters. The second-order valence-corrected chi connectivity index (χ2v) is 3.60. The number of anilines is 2. The minimum atomic E-state index is 0.432. The largest absolute Gasteiger partial charge is 0.381 e. The first-order valence-electron chi connectivity index (χ1n) is 4.88. The lowest BCUT2D eigenvalue weighted by atomic mass is 10.5. The Balaban J connectivity index is 2.44. The van der Waals surface area contributed by atoms with Crippen LogP contribution < -0.4 is 21.3 Å². The van der Waals surface area contributed by atoms with Gasteiger partial charge in [0, 0.05) is 39.6 Å². The van der Waals surface area contributed by atoms with Crippen LogP contribution >= 0.6 is 12.2 Å². The molecule has 0 aliphatic rings. The van der Waals surface area contributed by atoms with Crippen molar-refractivity contribution >= 4 is 29.0 Å². The number of hydrogen-bond acceptors (Lipinski definition) is 5. The highest BCUT2D eigenvalue weighted by atomic mass is 32.1. The molecule has 0 atom stereocenters. The average molecular weight is 240 g/mol. The molecular formula is C9H16N6S. The molecule has 0 aliphatic carbocycles. The zero-order valence-electron chi connectivity index (χ0n) is 9.40. The SMILES string of the molecule is CNC(=S)NCCN(C)c1nccnc1N. The van der Waals surface area contributed by atoms with Gasteiger partial charge in [0.1, 0.15) is 0 Å². The van der Waals surface area contributed by atoms with E-state index >= 15 is 0 Å². The van der Waals surface area contributed by atoms with Crippen LogP contribution in [0.5, 0.6) is 0 Å². The Bertz CT molecular complexity index is 356. The van der Waals surface area contributed by atoms with Crippen LogP contribution in [0.2, 0.25) is 0 Å². The molecule has 16 heavy (non-hydrogen) atoms. The summed E-state index contributed by atoms with van der Waals surface area (Å²) in [6, 6.07) is 0. The van der Waals surface area contributed by atoms with Gasteiger partial charge in [0.05, 0.1) is 0 Å². The van der Waals surface area contributed by atoms with Gasteiger partial charge >= 0.3 is 0 Å². The van der Waals surface area contributed by atoms with Gasteiger partial charge in [0.15, 0.2) is 16.7 Å². The highest BCUT2D eigenvalue weighted by Crippen LogP contribution is 2.13. The molecule has 0 amide bonds. The predicted molar refractivity (Wildman–Crippen MR) is 69.4 cm³/mol. The van der Waals surface area contributed by atoms with Gasteiger partial charge < -0.3 is 21.3 Å². The third-order valence-electron chi connectivity index (χ3n) is 2.03. The van der Waals surface area contributed by atoms with Crippen LogP contribution in [0.3, 0.4) is 0 Å². The summed E-state index contributed by atoms with van der Waals surface area (Å²) < 4.78 is 0. The second-order valence-electron chi connectivity index (χ2n) is 3.19. The molecule has 0 fully saturated rings. The number of aromatic nitrogens is 2. The average Bonchev–Trinajstić information content (AvgIpc) is 2.29. The number of nitrogens with two attached hydrogens (primary N) is 1. The molecule has 0 saturated heterocycles. The number of nitrogens with one attached hydrogen (secondary N) is 2. The molecule has 0 radical (unpaired) electrons. The quantitative estimate of drug-likeness (QED) is 0.617. The van der Waals surface area contributed by atoms with E-state index in [4.69, 9.17) is 18.0 Å². The summed E-state index contributed by atoms with van der Waals surface area (Å²) in [6.45, 7) is 1.46. The van der Waals surface area contributed by atoms with Gasteiger partial charge in [-0.3, -0.25) is 0 Å². The van der Waals surface area contributed by atoms with Crippen molar-refractivity contribution in [3.8, 4) is 0 Å². The number of likely N-dealkylation sites (N-methyl/N-ethyl adjacent to an activating group) is 1. The fraction of sp³-hybridized carbons (Fsp3) is 0.444. The second kappa shape index (κ2) is 6.06. The Morgan fingerprint density at radius 2 is 2.19 bits per heavy atom. The van der Waals surface area contributed by atoms with Crippen molar-refractivity contribution < 1.29 is 0 Å². The molecule has 7 heteroatoms. The Kier molecular flexibility index (Phi) is 4.71. The molecule has 6 nitrogen and oxygen atoms in total. The van der Waals surface area contributed by atoms with Gasteiger partial charge in [-0.2, -0.15) is 0 Å². The number of nitrogens with zero attached hydrogens (tertiary/aromatic N) is 3. The molecule has 0 aromatic carbocycles. The van der Waals surface area contributed by atoms with E-state index in [9.17, 15) is 0 Å². The lowest BCUT2D eigenvalue weighted by molar-refractivity contribution is 0.803. The van der Waals surface area contributed by atoms with Crippen molar-refractivity contribution in [1.82, 2.24) is 20.6 Å². The van der Waals surface area contributed by atoms with E-state index in [0.29, 0.717) is 23.3 Å². The van der Waals surface area contributed by atoms with Crippen LogP contribution in [0.1, 0.15) is 0 Å². The standard InChI is InChI=1S/C9H16N6S/c1-11-9(16)14-5-6-15(2)8-7(10)12-3-4-13-8/h3-4H,5-6H2,1-2H3,(H2,10,12)(H2,11,14,16). The van der Waals surface area contributed by atoms with E-state index in [2.05, 4.69) is 20.6 Å². The predicted octanol–water partition coefficient (Wildman–Crippen LogP) is -0.411. The van der Waals surface area contributed by atoms with E-state index in [-0.39, 0.29) is 0 Å². The summed E-state index contributed by atoms with van der Waals surface area (Å²) in [4.78, 5) is 10.1. The fourth-order valence-corrected chi connectivity index (χ4v) is 1.27. The first kappa shape index (κ1) is 12.4. The summed E-state index contributed by atoms with van der Waals surface area (Å²) in [5.74, 6) is 1.11. The van der Waals surface area contributed by atoms with E-state index in [1.54, 1.807) is 19.4 Å². The maximum atomic E-state index is 5.71. The Morgan fingerprint density at radius 1 is 1.50 bits per heavy atom. The zero-order chi connectivity index (χ0) is 12.0. The Morgan fingerprint density at radius 3 is 2.81 bits per heavy atom. The van der Waals surface area contributed by atoms with Crippen LogP contribution in [-0.4, -0.2) is 42.3 Å². The van der Waals surface area contributed by atoms with Crippen LogP contribution in [0.4, 0.5) is 11.6 Å². The summed E-state index contributed by atoms with van der Waals surface area (Å²) >= 11 is 4.96. The lowest BCUT2D eigenvalue weighted by Gasteiger charge is -2.19. The first-order valence-corrected chi connectivity index (χ1v) is 5.29. The fourth-order valence-electron chi connectivity index (χ4n) is 1.17. The maximum Gasteiger partial charge on any atom is 0.171 e. The molecule has 1 heterocycles. The van der Waals surface area contributed by atoms with Gasteiger partial charge in [0.2, 0.25) is 0 Å². The number of thiocarbonyl (C=S) groups is 1. The van der Waals surface area contributed by atoms with Gasteiger partial charge in [-0.15, -0.1) is 0 Å². The van der Waals surface area contributed by atoms with Crippen molar-refractivity contribution in [2.45, 2.75) is 0 Å². The third-order valence-corrected chi connectivity index (χ3v) is 2.38. The molecule has 0 saturated carbocycles. The first-order chi connectivity index (χ1) is 7.65. The highest BCUT2D eigenvalue weighted by molar-refractivity contribution is 7.80. The number of nitrogen functional groups attached to an aromatic ring is 1. The van der Waals surface area contributed by atoms with Crippen molar-refractivity contribution in [3.63, 3.8) is 0 Å². The molecule has 0 bridgehead atoms. The minimum absolute atomic E-state index is 0.432. The molecule has 88 valence electrons. The smallest absolute Gasteiger partial charge is 0.171 e. The molecule has 4 N–H and O–H groups in total. The molecule has 1 aromatic rings. The van der Waals surface area contributed by atoms with Crippen molar-refractivity contribution in [2.75, 3.05) is 37.8 Å². The van der Waals surface area contributed by atoms with Crippen LogP contribution in [0, 0.1) is 0 Å². The molecular weight excluding hydrogens is 224 g/mol. The zero-order valence-corrected chi connectivity index (χ0v) is 10.2. The van der Waals surface area contributed by atoms with Gasteiger partial charge in [0.25, 0.3) is 0 Å². The van der Waals surface area contributed by atoms with Crippen molar-refractivity contribution in [2.24, 2.45) is 0 Å². The lowest BCUT2D eigenvalue weighted by Crippen LogP contribution is -2.38. The van der Waals surface area contributed by atoms with E-state index in [1.165, 1.54) is 0 Å². The number of rotatable bonds is 4. The summed E-state index contributed by atoms with van der Waals surface area (Å²) in [7, 11) is 3.68. The summed E-state index contributed by atoms with van der Waals surface area (Å²) in [6.07, 6.45) is 3.19. The van der Waals surface area contributed by atoms with E-state index < -0.39 is 0 Å². The van der Waals surface area contributed by atoms with Crippen molar-refractivity contribution in [1.29, 1.82) is 0 Å². The molecule has 0 spiro atoms. The molecule has 1 rings (SSSR count). The summed E-state index contributed by atoms with van der Waals surface area (Å²) in [5, 5.41) is 6.51.